The first-order chi connectivity index (χ1) is 8.66. The first-order valence-electron chi connectivity index (χ1n) is 5.59. The van der Waals surface area contributed by atoms with E-state index in [0.717, 1.165) is 11.3 Å². The van der Waals surface area contributed by atoms with Crippen LogP contribution in [0.1, 0.15) is 21.6 Å². The highest BCUT2D eigenvalue weighted by Crippen LogP contribution is 2.06. The van der Waals surface area contributed by atoms with Crippen LogP contribution in [0.2, 0.25) is 0 Å². The number of hydrazine groups is 1. The molecule has 5 heteroatoms. The third kappa shape index (κ3) is 2.82. The van der Waals surface area contributed by atoms with Gasteiger partial charge in [0.25, 0.3) is 5.91 Å². The number of aromatic nitrogens is 2. The fraction of sp³-hybridized carbons (Fsp3) is 0.154. The molecule has 0 saturated heterocycles. The zero-order chi connectivity index (χ0) is 13.0. The number of amides is 1. The van der Waals surface area contributed by atoms with Crippen molar-refractivity contribution in [1.82, 2.24) is 15.6 Å². The van der Waals surface area contributed by atoms with Crippen molar-refractivity contribution in [3.05, 3.63) is 53.2 Å². The first kappa shape index (κ1) is 12.0. The number of rotatable bonds is 3. The molecule has 0 fully saturated rings. The minimum Gasteiger partial charge on any atom is -0.280 e. The van der Waals surface area contributed by atoms with Gasteiger partial charge in [0.05, 0.1) is 5.69 Å². The van der Waals surface area contributed by atoms with E-state index in [9.17, 15) is 4.79 Å². The maximum atomic E-state index is 11.7. The van der Waals surface area contributed by atoms with E-state index in [1.165, 1.54) is 0 Å². The molecule has 0 bridgehead atoms. The summed E-state index contributed by atoms with van der Waals surface area (Å²) in [5, 5.41) is 7.89. The number of hydrogen-bond acceptors (Lipinski definition) is 4. The van der Waals surface area contributed by atoms with Gasteiger partial charge in [-0.3, -0.25) is 15.6 Å². The lowest BCUT2D eigenvalue weighted by Crippen LogP contribution is -2.29. The minimum absolute atomic E-state index is 0.212. The highest BCUT2D eigenvalue weighted by Gasteiger charge is 2.04. The molecule has 1 aromatic heterocycles. The fourth-order valence-corrected chi connectivity index (χ4v) is 1.39. The number of carbonyl (C=O) groups excluding carboxylic acids is 1. The average molecular weight is 242 g/mol. The second kappa shape index (κ2) is 5.27. The van der Waals surface area contributed by atoms with E-state index in [2.05, 4.69) is 21.0 Å². The van der Waals surface area contributed by atoms with Gasteiger partial charge in [0.1, 0.15) is 0 Å². The maximum Gasteiger partial charge on any atom is 0.269 e. The van der Waals surface area contributed by atoms with Crippen LogP contribution < -0.4 is 10.9 Å². The van der Waals surface area contributed by atoms with Crippen LogP contribution in [0, 0.1) is 13.8 Å². The van der Waals surface area contributed by atoms with Gasteiger partial charge >= 0.3 is 0 Å². The normalized spacial score (nSPS) is 9.89. The largest absolute Gasteiger partial charge is 0.280 e. The van der Waals surface area contributed by atoms with Crippen molar-refractivity contribution in [3.63, 3.8) is 0 Å². The number of hydrogen-bond donors (Lipinski definition) is 2. The molecule has 0 radical (unpaired) electrons. The van der Waals surface area contributed by atoms with Gasteiger partial charge in [-0.1, -0.05) is 18.2 Å². The molecule has 0 saturated carbocycles. The van der Waals surface area contributed by atoms with E-state index in [4.69, 9.17) is 0 Å². The second-order valence-electron chi connectivity index (χ2n) is 3.94. The Labute approximate surface area is 105 Å². The Kier molecular flexibility index (Phi) is 3.52. The zero-order valence-corrected chi connectivity index (χ0v) is 10.3. The van der Waals surface area contributed by atoms with E-state index < -0.39 is 0 Å². The molecule has 0 aliphatic heterocycles. The predicted molar refractivity (Wildman–Crippen MR) is 69.0 cm³/mol. The summed E-state index contributed by atoms with van der Waals surface area (Å²) in [4.78, 5) is 11.7. The lowest BCUT2D eigenvalue weighted by atomic mass is 10.2. The maximum absolute atomic E-state index is 11.7. The van der Waals surface area contributed by atoms with Gasteiger partial charge in [0.2, 0.25) is 0 Å². The number of aryl methyl sites for hydroxylation is 2. The zero-order valence-electron chi connectivity index (χ0n) is 10.3. The van der Waals surface area contributed by atoms with Gasteiger partial charge in [0, 0.05) is 5.56 Å². The van der Waals surface area contributed by atoms with Gasteiger partial charge in [-0.05, 0) is 37.6 Å². The molecule has 0 atom stereocenters. The number of nitrogens with one attached hydrogen (secondary N) is 2. The molecule has 0 unspecified atom stereocenters. The van der Waals surface area contributed by atoms with Gasteiger partial charge in [0.15, 0.2) is 5.82 Å². The number of carbonyl (C=O) groups is 1. The van der Waals surface area contributed by atoms with Crippen molar-refractivity contribution in [1.29, 1.82) is 0 Å². The van der Waals surface area contributed by atoms with Crippen LogP contribution in [0.5, 0.6) is 0 Å². The van der Waals surface area contributed by atoms with Crippen molar-refractivity contribution in [3.8, 4) is 0 Å². The van der Waals surface area contributed by atoms with Crippen LogP contribution in [-0.2, 0) is 0 Å². The van der Waals surface area contributed by atoms with Gasteiger partial charge in [-0.2, -0.15) is 5.10 Å². The van der Waals surface area contributed by atoms with Crippen molar-refractivity contribution in [2.45, 2.75) is 13.8 Å². The molecule has 1 aromatic carbocycles. The Morgan fingerprint density at radius 2 is 1.83 bits per heavy atom. The summed E-state index contributed by atoms with van der Waals surface area (Å²) in [6, 6.07) is 10.8. The fourth-order valence-electron chi connectivity index (χ4n) is 1.39. The highest BCUT2D eigenvalue weighted by atomic mass is 16.2. The monoisotopic (exact) mass is 242 g/mol. The van der Waals surface area contributed by atoms with Gasteiger partial charge < -0.3 is 0 Å². The molecular weight excluding hydrogens is 228 g/mol. The predicted octanol–water partition coefficient (Wildman–Crippen LogP) is 1.85. The average Bonchev–Trinajstić information content (AvgIpc) is 2.41. The Balaban J connectivity index is 1.99. The highest BCUT2D eigenvalue weighted by molar-refractivity contribution is 5.94. The van der Waals surface area contributed by atoms with Crippen LogP contribution in [0.4, 0.5) is 5.82 Å². The Morgan fingerprint density at radius 1 is 1.11 bits per heavy atom. The number of benzene rings is 1. The summed E-state index contributed by atoms with van der Waals surface area (Å²) < 4.78 is 0. The van der Waals surface area contributed by atoms with Crippen LogP contribution in [0.25, 0.3) is 0 Å². The number of anilines is 1. The Morgan fingerprint density at radius 3 is 2.50 bits per heavy atom. The molecule has 1 amide bonds. The van der Waals surface area contributed by atoms with E-state index >= 15 is 0 Å². The van der Waals surface area contributed by atoms with Gasteiger partial charge in [-0.15, -0.1) is 5.10 Å². The lowest BCUT2D eigenvalue weighted by Gasteiger charge is -2.08. The standard InChI is InChI=1S/C13H14N4O/c1-9-8-12(15-14-10(9)2)16-17-13(18)11-6-4-3-5-7-11/h3-8H,1-2H3,(H,15,16)(H,17,18). The van der Waals surface area contributed by atoms with E-state index in [1.807, 2.05) is 38.1 Å². The van der Waals surface area contributed by atoms with E-state index in [1.54, 1.807) is 12.1 Å². The molecular formula is C13H14N4O. The lowest BCUT2D eigenvalue weighted by molar-refractivity contribution is 0.0962. The van der Waals surface area contributed by atoms with Crippen LogP contribution in [0.15, 0.2) is 36.4 Å². The molecule has 2 aromatic rings. The Bertz CT molecular complexity index is 554. The molecule has 92 valence electrons. The molecule has 2 N–H and O–H groups in total. The molecule has 0 aliphatic rings. The summed E-state index contributed by atoms with van der Waals surface area (Å²) in [6.45, 7) is 3.82. The summed E-state index contributed by atoms with van der Waals surface area (Å²) >= 11 is 0. The molecule has 5 nitrogen and oxygen atoms in total. The van der Waals surface area contributed by atoms with Crippen molar-refractivity contribution in [2.24, 2.45) is 0 Å². The van der Waals surface area contributed by atoms with Crippen LogP contribution in [-0.4, -0.2) is 16.1 Å². The van der Waals surface area contributed by atoms with Crippen molar-refractivity contribution >= 4 is 11.7 Å². The second-order valence-corrected chi connectivity index (χ2v) is 3.94. The van der Waals surface area contributed by atoms with E-state index in [-0.39, 0.29) is 5.91 Å². The topological polar surface area (TPSA) is 66.9 Å². The van der Waals surface area contributed by atoms with Crippen molar-refractivity contribution < 1.29 is 4.79 Å². The summed E-state index contributed by atoms with van der Waals surface area (Å²) in [6.07, 6.45) is 0. The SMILES string of the molecule is Cc1cc(NNC(=O)c2ccccc2)nnc1C. The third-order valence-electron chi connectivity index (χ3n) is 2.57. The van der Waals surface area contributed by atoms with Crippen molar-refractivity contribution in [2.75, 3.05) is 5.43 Å². The minimum atomic E-state index is -0.212. The first-order valence-corrected chi connectivity index (χ1v) is 5.59. The number of nitrogens with zero attached hydrogens (tertiary/aromatic N) is 2. The van der Waals surface area contributed by atoms with E-state index in [0.29, 0.717) is 11.4 Å². The molecule has 18 heavy (non-hydrogen) atoms. The summed E-state index contributed by atoms with van der Waals surface area (Å²) in [5.74, 6) is 0.304. The van der Waals surface area contributed by atoms with Crippen LogP contribution in [0.3, 0.4) is 0 Å². The smallest absolute Gasteiger partial charge is 0.269 e. The summed E-state index contributed by atoms with van der Waals surface area (Å²) in [5.41, 5.74) is 7.78. The summed E-state index contributed by atoms with van der Waals surface area (Å²) in [7, 11) is 0. The van der Waals surface area contributed by atoms with Gasteiger partial charge in [-0.25, -0.2) is 0 Å². The molecule has 2 rings (SSSR count). The third-order valence-corrected chi connectivity index (χ3v) is 2.57. The Hall–Kier alpha value is -2.43. The molecule has 0 spiro atoms. The quantitative estimate of drug-likeness (QED) is 0.806. The van der Waals surface area contributed by atoms with Crippen LogP contribution >= 0.6 is 0 Å². The molecule has 0 aliphatic carbocycles. The molecule has 1 heterocycles.